The van der Waals surface area contributed by atoms with Gasteiger partial charge in [0.1, 0.15) is 0 Å². The summed E-state index contributed by atoms with van der Waals surface area (Å²) in [5, 5.41) is 4.34. The van der Waals surface area contributed by atoms with Gasteiger partial charge in [0, 0.05) is 30.4 Å². The number of hydrogen-bond acceptors (Lipinski definition) is 4. The lowest BCUT2D eigenvalue weighted by atomic mass is 10.1. The third-order valence-corrected chi connectivity index (χ3v) is 2.62. The molecule has 0 bridgehead atoms. The van der Waals surface area contributed by atoms with E-state index >= 15 is 0 Å². The average molecular weight is 231 g/mol. The predicted octanol–water partition coefficient (Wildman–Crippen LogP) is 2.26. The number of anilines is 2. The number of ether oxygens (including phenoxy) is 1. The summed E-state index contributed by atoms with van der Waals surface area (Å²) in [6.45, 7) is 2.72. The first-order chi connectivity index (χ1) is 8.22. The molecule has 0 spiro atoms. The monoisotopic (exact) mass is 231 g/mol. The van der Waals surface area contributed by atoms with Gasteiger partial charge in [0.2, 0.25) is 0 Å². The highest BCUT2D eigenvalue weighted by Crippen LogP contribution is 2.26. The summed E-state index contributed by atoms with van der Waals surface area (Å²) < 4.78 is 5.10. The van der Waals surface area contributed by atoms with Gasteiger partial charge >= 0.3 is 0 Å². The topological polar surface area (TPSA) is 60.2 Å². The zero-order chi connectivity index (χ0) is 12.3. The van der Waals surface area contributed by atoms with Gasteiger partial charge in [0.25, 0.3) is 0 Å². The molecule has 2 aromatic rings. The summed E-state index contributed by atoms with van der Waals surface area (Å²) in [6, 6.07) is 7.95. The van der Waals surface area contributed by atoms with Crippen LogP contribution in [0.2, 0.25) is 0 Å². The molecule has 0 radical (unpaired) electrons. The quantitative estimate of drug-likeness (QED) is 0.792. The van der Waals surface area contributed by atoms with Crippen molar-refractivity contribution in [3.05, 3.63) is 30.5 Å². The molecule has 0 amide bonds. The number of hydrogen-bond donors (Lipinski definition) is 2. The van der Waals surface area contributed by atoms with Crippen molar-refractivity contribution in [1.82, 2.24) is 4.98 Å². The summed E-state index contributed by atoms with van der Waals surface area (Å²) in [5.41, 5.74) is 8.55. The lowest BCUT2D eigenvalue weighted by Crippen LogP contribution is -2.21. The van der Waals surface area contributed by atoms with E-state index in [4.69, 9.17) is 10.5 Å². The third kappa shape index (κ3) is 2.47. The van der Waals surface area contributed by atoms with Crippen LogP contribution in [0.25, 0.3) is 10.9 Å². The fourth-order valence-corrected chi connectivity index (χ4v) is 1.87. The van der Waals surface area contributed by atoms with E-state index in [1.165, 1.54) is 0 Å². The molecule has 0 aliphatic carbocycles. The Hall–Kier alpha value is -1.81. The molecule has 0 saturated carbocycles. The molecule has 1 unspecified atom stereocenters. The molecular formula is C13H17N3O. The van der Waals surface area contributed by atoms with Crippen LogP contribution in [-0.4, -0.2) is 24.7 Å². The van der Waals surface area contributed by atoms with Gasteiger partial charge in [-0.1, -0.05) is 0 Å². The van der Waals surface area contributed by atoms with Crippen molar-refractivity contribution >= 4 is 22.3 Å². The van der Waals surface area contributed by atoms with Gasteiger partial charge in [-0.25, -0.2) is 0 Å². The summed E-state index contributed by atoms with van der Waals surface area (Å²) in [6.07, 6.45) is 1.77. The third-order valence-electron chi connectivity index (χ3n) is 2.62. The lowest BCUT2D eigenvalue weighted by Gasteiger charge is -2.16. The second kappa shape index (κ2) is 5.01. The number of nitrogens with zero attached hydrogens (tertiary/aromatic N) is 1. The van der Waals surface area contributed by atoms with E-state index in [-0.39, 0.29) is 6.04 Å². The molecule has 1 atom stereocenters. The highest BCUT2D eigenvalue weighted by Gasteiger charge is 2.07. The number of nitrogens with two attached hydrogens (primary N) is 1. The maximum absolute atomic E-state index is 5.92. The summed E-state index contributed by atoms with van der Waals surface area (Å²) >= 11 is 0. The molecule has 1 aromatic carbocycles. The van der Waals surface area contributed by atoms with E-state index in [0.717, 1.165) is 22.3 Å². The lowest BCUT2D eigenvalue weighted by molar-refractivity contribution is 0.190. The molecule has 1 aromatic heterocycles. The van der Waals surface area contributed by atoms with Gasteiger partial charge in [-0.3, -0.25) is 4.98 Å². The second-order valence-corrected chi connectivity index (χ2v) is 4.10. The van der Waals surface area contributed by atoms with Crippen molar-refractivity contribution in [1.29, 1.82) is 0 Å². The van der Waals surface area contributed by atoms with Crippen LogP contribution in [0.3, 0.4) is 0 Å². The van der Waals surface area contributed by atoms with Gasteiger partial charge in [0.15, 0.2) is 0 Å². The van der Waals surface area contributed by atoms with Crippen molar-refractivity contribution < 1.29 is 4.74 Å². The first kappa shape index (κ1) is 11.7. The van der Waals surface area contributed by atoms with Gasteiger partial charge in [-0.2, -0.15) is 0 Å². The number of nitrogen functional groups attached to an aromatic ring is 1. The minimum Gasteiger partial charge on any atom is -0.398 e. The molecule has 0 aliphatic rings. The summed E-state index contributed by atoms with van der Waals surface area (Å²) in [4.78, 5) is 4.37. The van der Waals surface area contributed by atoms with Crippen LogP contribution < -0.4 is 11.1 Å². The van der Waals surface area contributed by atoms with E-state index in [9.17, 15) is 0 Å². The molecule has 1 heterocycles. The Morgan fingerprint density at radius 2 is 2.24 bits per heavy atom. The Kier molecular flexibility index (Phi) is 3.44. The normalized spacial score (nSPS) is 12.6. The van der Waals surface area contributed by atoms with E-state index in [1.54, 1.807) is 13.3 Å². The Morgan fingerprint density at radius 1 is 1.41 bits per heavy atom. The van der Waals surface area contributed by atoms with Gasteiger partial charge in [-0.15, -0.1) is 0 Å². The number of rotatable bonds is 4. The Balaban J connectivity index is 2.38. The molecule has 17 heavy (non-hydrogen) atoms. The molecule has 3 N–H and O–H groups in total. The SMILES string of the molecule is COCC(C)Nc1ccc(N)c2cccnc12. The number of nitrogens with one attached hydrogen (secondary N) is 1. The molecular weight excluding hydrogens is 214 g/mol. The number of methoxy groups -OCH3 is 1. The van der Waals surface area contributed by atoms with Crippen LogP contribution in [0.15, 0.2) is 30.5 Å². The first-order valence-corrected chi connectivity index (χ1v) is 5.61. The molecule has 90 valence electrons. The Labute approximate surface area is 101 Å². The van der Waals surface area contributed by atoms with Crippen molar-refractivity contribution in [2.24, 2.45) is 0 Å². The predicted molar refractivity (Wildman–Crippen MR) is 71.1 cm³/mol. The zero-order valence-electron chi connectivity index (χ0n) is 10.1. The van der Waals surface area contributed by atoms with E-state index in [0.29, 0.717) is 6.61 Å². The van der Waals surface area contributed by atoms with E-state index in [2.05, 4.69) is 17.2 Å². The average Bonchev–Trinajstić information content (AvgIpc) is 2.34. The number of aromatic nitrogens is 1. The molecule has 0 fully saturated rings. The Morgan fingerprint density at radius 3 is 3.00 bits per heavy atom. The Bertz CT molecular complexity index is 513. The highest BCUT2D eigenvalue weighted by molar-refractivity contribution is 5.98. The van der Waals surface area contributed by atoms with Crippen molar-refractivity contribution in [3.8, 4) is 0 Å². The number of fused-ring (bicyclic) bond motifs is 1. The molecule has 0 aliphatic heterocycles. The standard InChI is InChI=1S/C13H17N3O/c1-9(8-17-2)16-12-6-5-11(14)10-4-3-7-15-13(10)12/h3-7,9,16H,8,14H2,1-2H3. The first-order valence-electron chi connectivity index (χ1n) is 5.61. The molecule has 4 heteroatoms. The fraction of sp³-hybridized carbons (Fsp3) is 0.308. The van der Waals surface area contributed by atoms with E-state index in [1.807, 2.05) is 24.3 Å². The largest absolute Gasteiger partial charge is 0.398 e. The van der Waals surface area contributed by atoms with Gasteiger partial charge < -0.3 is 15.8 Å². The fourth-order valence-electron chi connectivity index (χ4n) is 1.87. The van der Waals surface area contributed by atoms with Crippen LogP contribution in [-0.2, 0) is 4.74 Å². The highest BCUT2D eigenvalue weighted by atomic mass is 16.5. The van der Waals surface area contributed by atoms with Crippen LogP contribution in [0, 0.1) is 0 Å². The van der Waals surface area contributed by atoms with Crippen molar-refractivity contribution in [2.75, 3.05) is 24.8 Å². The minimum absolute atomic E-state index is 0.230. The van der Waals surface area contributed by atoms with Crippen molar-refractivity contribution in [3.63, 3.8) is 0 Å². The second-order valence-electron chi connectivity index (χ2n) is 4.10. The maximum atomic E-state index is 5.92. The maximum Gasteiger partial charge on any atom is 0.0953 e. The zero-order valence-corrected chi connectivity index (χ0v) is 10.1. The smallest absolute Gasteiger partial charge is 0.0953 e. The summed E-state index contributed by atoms with van der Waals surface area (Å²) in [7, 11) is 1.69. The van der Waals surface area contributed by atoms with Crippen molar-refractivity contribution in [2.45, 2.75) is 13.0 Å². The van der Waals surface area contributed by atoms with Crippen LogP contribution >= 0.6 is 0 Å². The minimum atomic E-state index is 0.230. The van der Waals surface area contributed by atoms with E-state index < -0.39 is 0 Å². The summed E-state index contributed by atoms with van der Waals surface area (Å²) in [5.74, 6) is 0. The van der Waals surface area contributed by atoms with Gasteiger partial charge in [-0.05, 0) is 31.2 Å². The van der Waals surface area contributed by atoms with Gasteiger partial charge in [0.05, 0.1) is 17.8 Å². The molecule has 0 saturated heterocycles. The number of pyridine rings is 1. The van der Waals surface area contributed by atoms with Crippen LogP contribution in [0.5, 0.6) is 0 Å². The molecule has 2 rings (SSSR count). The molecule has 4 nitrogen and oxygen atoms in total. The number of benzene rings is 1. The van der Waals surface area contributed by atoms with Crippen LogP contribution in [0.4, 0.5) is 11.4 Å². The van der Waals surface area contributed by atoms with Crippen LogP contribution in [0.1, 0.15) is 6.92 Å².